The maximum absolute atomic E-state index is 12.7. The van der Waals surface area contributed by atoms with Crippen LogP contribution in [0, 0.1) is 0 Å². The molecule has 0 aliphatic rings. The van der Waals surface area contributed by atoms with Crippen molar-refractivity contribution in [3.05, 3.63) is 0 Å². The summed E-state index contributed by atoms with van der Waals surface area (Å²) in [6.07, 6.45) is -2.60. The molecule has 14 nitrogen and oxygen atoms in total. The molecule has 14 heteroatoms. The number of rotatable bonds is 15. The van der Waals surface area contributed by atoms with Crippen LogP contribution >= 0.6 is 0 Å². The summed E-state index contributed by atoms with van der Waals surface area (Å²) in [6, 6.07) is -5.94. The van der Waals surface area contributed by atoms with Gasteiger partial charge in [-0.1, -0.05) is 0 Å². The topological polar surface area (TPSA) is 254 Å². The standard InChI is InChI=1S/C18H33N5O9/c1-8(24)13(17(30)23-14(9(2)25)18(31)32)22-16(29)11(5-3-4-6-19)21-15(28)10(20)7-12(26)27/h8-11,13-14,24-25H,3-7,19-20H2,1-2H3,(H,21,28)(H,22,29)(H,23,30)(H,26,27)(H,31,32). The lowest BCUT2D eigenvalue weighted by atomic mass is 10.0. The highest BCUT2D eigenvalue weighted by Crippen LogP contribution is 2.05. The van der Waals surface area contributed by atoms with Gasteiger partial charge in [0.1, 0.15) is 12.1 Å². The van der Waals surface area contributed by atoms with Gasteiger partial charge >= 0.3 is 11.9 Å². The molecular weight excluding hydrogens is 430 g/mol. The molecule has 0 heterocycles. The van der Waals surface area contributed by atoms with Crippen LogP contribution in [0.1, 0.15) is 39.5 Å². The predicted octanol–water partition coefficient (Wildman–Crippen LogP) is -3.78. The maximum atomic E-state index is 12.7. The quantitative estimate of drug-likeness (QED) is 0.106. The second-order valence-corrected chi connectivity index (χ2v) is 7.34. The van der Waals surface area contributed by atoms with E-state index in [0.717, 1.165) is 6.92 Å². The lowest BCUT2D eigenvalue weighted by Crippen LogP contribution is -2.60. The van der Waals surface area contributed by atoms with Crippen LogP contribution in [0.3, 0.4) is 0 Å². The SMILES string of the molecule is CC(O)C(NC(=O)C(NC(=O)C(CCCCN)NC(=O)C(N)CC(=O)O)C(C)O)C(=O)O. The van der Waals surface area contributed by atoms with Gasteiger partial charge in [-0.25, -0.2) is 4.79 Å². The first-order valence-corrected chi connectivity index (χ1v) is 9.99. The molecule has 184 valence electrons. The van der Waals surface area contributed by atoms with E-state index in [1.807, 2.05) is 5.32 Å². The number of amides is 3. The first-order chi connectivity index (χ1) is 14.8. The normalized spacial score (nSPS) is 16.6. The summed E-state index contributed by atoms with van der Waals surface area (Å²) in [7, 11) is 0. The molecule has 0 bridgehead atoms. The van der Waals surface area contributed by atoms with Crippen LogP contribution in [-0.4, -0.2) is 93.0 Å². The van der Waals surface area contributed by atoms with Crippen LogP contribution in [0.2, 0.25) is 0 Å². The zero-order valence-electron chi connectivity index (χ0n) is 18.0. The summed E-state index contributed by atoms with van der Waals surface area (Å²) in [5, 5.41) is 43.8. The molecule has 32 heavy (non-hydrogen) atoms. The lowest BCUT2D eigenvalue weighted by molar-refractivity contribution is -0.146. The average molecular weight is 463 g/mol. The Morgan fingerprint density at radius 2 is 1.34 bits per heavy atom. The van der Waals surface area contributed by atoms with Crippen molar-refractivity contribution < 1.29 is 44.4 Å². The Labute approximate surface area is 184 Å². The van der Waals surface area contributed by atoms with Crippen molar-refractivity contribution in [2.45, 2.75) is 75.9 Å². The molecule has 0 aliphatic carbocycles. The third-order valence-electron chi connectivity index (χ3n) is 4.42. The number of unbranched alkanes of at least 4 members (excludes halogenated alkanes) is 1. The van der Waals surface area contributed by atoms with E-state index >= 15 is 0 Å². The highest BCUT2D eigenvalue weighted by atomic mass is 16.4. The Balaban J connectivity index is 5.43. The van der Waals surface area contributed by atoms with E-state index in [0.29, 0.717) is 19.4 Å². The second kappa shape index (κ2) is 14.3. The number of carbonyl (C=O) groups excluding carboxylic acids is 3. The highest BCUT2D eigenvalue weighted by Gasteiger charge is 2.34. The van der Waals surface area contributed by atoms with Crippen LogP contribution in [-0.2, 0) is 24.0 Å². The number of nitrogens with two attached hydrogens (primary N) is 2. The zero-order valence-corrected chi connectivity index (χ0v) is 18.0. The molecule has 0 rings (SSSR count). The summed E-state index contributed by atoms with van der Waals surface area (Å²) in [5.74, 6) is -5.70. The number of carbonyl (C=O) groups is 5. The van der Waals surface area contributed by atoms with Gasteiger partial charge in [0.2, 0.25) is 17.7 Å². The van der Waals surface area contributed by atoms with Crippen molar-refractivity contribution in [1.29, 1.82) is 0 Å². The highest BCUT2D eigenvalue weighted by molar-refractivity contribution is 5.95. The van der Waals surface area contributed by atoms with Crippen molar-refractivity contribution >= 4 is 29.7 Å². The van der Waals surface area contributed by atoms with E-state index in [9.17, 15) is 34.2 Å². The molecule has 0 radical (unpaired) electrons. The summed E-state index contributed by atoms with van der Waals surface area (Å²) < 4.78 is 0. The molecule has 0 saturated heterocycles. The van der Waals surface area contributed by atoms with E-state index in [4.69, 9.17) is 21.7 Å². The minimum absolute atomic E-state index is 0.0775. The van der Waals surface area contributed by atoms with Gasteiger partial charge in [0.05, 0.1) is 24.7 Å². The molecule has 0 fully saturated rings. The van der Waals surface area contributed by atoms with Crippen LogP contribution < -0.4 is 27.4 Å². The fourth-order valence-electron chi connectivity index (χ4n) is 2.61. The molecule has 0 aromatic rings. The van der Waals surface area contributed by atoms with Crippen LogP contribution in [0.25, 0.3) is 0 Å². The molecule has 0 aromatic carbocycles. The monoisotopic (exact) mass is 463 g/mol. The molecule has 11 N–H and O–H groups in total. The molecule has 3 amide bonds. The lowest BCUT2D eigenvalue weighted by Gasteiger charge is -2.27. The van der Waals surface area contributed by atoms with Crippen molar-refractivity contribution in [3.63, 3.8) is 0 Å². The molecule has 6 atom stereocenters. The Kier molecular flexibility index (Phi) is 13.0. The molecule has 0 aromatic heterocycles. The van der Waals surface area contributed by atoms with Crippen LogP contribution in [0.5, 0.6) is 0 Å². The number of hydrogen-bond acceptors (Lipinski definition) is 9. The maximum Gasteiger partial charge on any atom is 0.328 e. The molecular formula is C18H33N5O9. The van der Waals surface area contributed by atoms with Crippen molar-refractivity contribution in [3.8, 4) is 0 Å². The van der Waals surface area contributed by atoms with Gasteiger partial charge in [-0.05, 0) is 39.7 Å². The van der Waals surface area contributed by atoms with Crippen LogP contribution in [0.4, 0.5) is 0 Å². The van der Waals surface area contributed by atoms with Gasteiger partial charge in [-0.2, -0.15) is 0 Å². The minimum Gasteiger partial charge on any atom is -0.481 e. The number of carboxylic acids is 2. The number of aliphatic carboxylic acids is 2. The van der Waals surface area contributed by atoms with Gasteiger partial charge in [0, 0.05) is 0 Å². The largest absolute Gasteiger partial charge is 0.481 e. The van der Waals surface area contributed by atoms with Gasteiger partial charge in [-0.3, -0.25) is 19.2 Å². The Morgan fingerprint density at radius 3 is 1.78 bits per heavy atom. The Bertz CT molecular complexity index is 671. The fraction of sp³-hybridized carbons (Fsp3) is 0.722. The molecule has 6 unspecified atom stereocenters. The number of aliphatic hydroxyl groups is 2. The number of nitrogens with one attached hydrogen (secondary N) is 3. The summed E-state index contributed by atoms with van der Waals surface area (Å²) in [6.45, 7) is 2.63. The predicted molar refractivity (Wildman–Crippen MR) is 110 cm³/mol. The van der Waals surface area contributed by atoms with E-state index in [2.05, 4.69) is 10.6 Å². The summed E-state index contributed by atoms with van der Waals surface area (Å²) >= 11 is 0. The average Bonchev–Trinajstić information content (AvgIpc) is 2.67. The van der Waals surface area contributed by atoms with Gasteiger partial charge in [-0.15, -0.1) is 0 Å². The summed E-state index contributed by atoms with van der Waals surface area (Å²) in [5.41, 5.74) is 10.9. The van der Waals surface area contributed by atoms with E-state index in [1.54, 1.807) is 0 Å². The molecule has 0 saturated carbocycles. The third-order valence-corrected chi connectivity index (χ3v) is 4.42. The number of hydrogen-bond donors (Lipinski definition) is 9. The first-order valence-electron chi connectivity index (χ1n) is 9.99. The Hall–Kier alpha value is -2.81. The summed E-state index contributed by atoms with van der Waals surface area (Å²) in [4.78, 5) is 59.2. The van der Waals surface area contributed by atoms with E-state index in [1.165, 1.54) is 6.92 Å². The van der Waals surface area contributed by atoms with Gasteiger partial charge in [0.25, 0.3) is 0 Å². The first kappa shape index (κ1) is 29.2. The van der Waals surface area contributed by atoms with E-state index < -0.39 is 72.5 Å². The fourth-order valence-corrected chi connectivity index (χ4v) is 2.61. The minimum atomic E-state index is -1.69. The van der Waals surface area contributed by atoms with E-state index in [-0.39, 0.29) is 6.42 Å². The smallest absolute Gasteiger partial charge is 0.328 e. The van der Waals surface area contributed by atoms with Crippen LogP contribution in [0.15, 0.2) is 0 Å². The molecule has 0 aliphatic heterocycles. The van der Waals surface area contributed by atoms with Crippen molar-refractivity contribution in [1.82, 2.24) is 16.0 Å². The van der Waals surface area contributed by atoms with Gasteiger partial charge < -0.3 is 47.8 Å². The van der Waals surface area contributed by atoms with Crippen molar-refractivity contribution in [2.24, 2.45) is 11.5 Å². The Morgan fingerprint density at radius 1 is 0.812 bits per heavy atom. The number of carboxylic acid groups (broad SMARTS) is 2. The number of aliphatic hydroxyl groups excluding tert-OH is 2. The van der Waals surface area contributed by atoms with Gasteiger partial charge in [0.15, 0.2) is 6.04 Å². The molecule has 0 spiro atoms. The van der Waals surface area contributed by atoms with Crippen molar-refractivity contribution in [2.75, 3.05) is 6.54 Å². The third kappa shape index (κ3) is 10.5. The zero-order chi connectivity index (χ0) is 25.0. The second-order valence-electron chi connectivity index (χ2n) is 7.34.